The molecule has 0 aliphatic heterocycles. The van der Waals surface area contributed by atoms with Crippen LogP contribution in [0.25, 0.3) is 0 Å². The average Bonchev–Trinajstić information content (AvgIpc) is 2.70. The Morgan fingerprint density at radius 3 is 2.67 bits per heavy atom. The van der Waals surface area contributed by atoms with Gasteiger partial charge in [0.1, 0.15) is 0 Å². The second-order valence-electron chi connectivity index (χ2n) is 4.61. The first-order valence-electron chi connectivity index (χ1n) is 6.18. The highest BCUT2D eigenvalue weighted by molar-refractivity contribution is 5.76. The van der Waals surface area contributed by atoms with Gasteiger partial charge in [0, 0.05) is 12.5 Å². The lowest BCUT2D eigenvalue weighted by Crippen LogP contribution is -2.37. The summed E-state index contributed by atoms with van der Waals surface area (Å²) in [6.45, 7) is 3.07. The molecule has 0 saturated heterocycles. The molecule has 1 fully saturated rings. The second kappa shape index (κ2) is 6.83. The number of nitrogens with one attached hydrogen (secondary N) is 2. The van der Waals surface area contributed by atoms with Crippen molar-refractivity contribution in [1.82, 2.24) is 10.6 Å². The van der Waals surface area contributed by atoms with E-state index < -0.39 is 0 Å². The van der Waals surface area contributed by atoms with Gasteiger partial charge in [0.25, 0.3) is 0 Å². The summed E-state index contributed by atoms with van der Waals surface area (Å²) in [5.74, 6) is 0.933. The van der Waals surface area contributed by atoms with Gasteiger partial charge in [0.15, 0.2) is 0 Å². The van der Waals surface area contributed by atoms with Gasteiger partial charge >= 0.3 is 0 Å². The van der Waals surface area contributed by atoms with E-state index in [-0.39, 0.29) is 5.91 Å². The Morgan fingerprint density at radius 2 is 2.07 bits per heavy atom. The SMILES string of the molecule is CNCCCC(=O)NC(C)C1CCCC1. The molecular weight excluding hydrogens is 188 g/mol. The topological polar surface area (TPSA) is 41.1 Å². The maximum absolute atomic E-state index is 11.5. The highest BCUT2D eigenvalue weighted by atomic mass is 16.1. The molecule has 1 amide bonds. The molecule has 1 rings (SSSR count). The van der Waals surface area contributed by atoms with Gasteiger partial charge in [-0.1, -0.05) is 12.8 Å². The molecule has 2 N–H and O–H groups in total. The third-order valence-corrected chi connectivity index (χ3v) is 3.33. The summed E-state index contributed by atoms with van der Waals surface area (Å²) in [6.07, 6.45) is 6.84. The molecule has 0 spiro atoms. The number of hydrogen-bond acceptors (Lipinski definition) is 2. The van der Waals surface area contributed by atoms with Crippen molar-refractivity contribution < 1.29 is 4.79 Å². The summed E-state index contributed by atoms with van der Waals surface area (Å²) in [7, 11) is 1.92. The summed E-state index contributed by atoms with van der Waals surface area (Å²) < 4.78 is 0. The minimum atomic E-state index is 0.213. The van der Waals surface area contributed by atoms with Crippen LogP contribution in [-0.4, -0.2) is 25.5 Å². The van der Waals surface area contributed by atoms with Crippen molar-refractivity contribution in [3.8, 4) is 0 Å². The number of amides is 1. The van der Waals surface area contributed by atoms with E-state index >= 15 is 0 Å². The fourth-order valence-corrected chi connectivity index (χ4v) is 2.33. The van der Waals surface area contributed by atoms with Crippen LogP contribution in [0.4, 0.5) is 0 Å². The minimum Gasteiger partial charge on any atom is -0.353 e. The van der Waals surface area contributed by atoms with Crippen LogP contribution >= 0.6 is 0 Å². The number of carbonyl (C=O) groups excluding carboxylic acids is 1. The summed E-state index contributed by atoms with van der Waals surface area (Å²) >= 11 is 0. The first-order valence-corrected chi connectivity index (χ1v) is 6.18. The van der Waals surface area contributed by atoms with Gasteiger partial charge in [-0.05, 0) is 45.7 Å². The molecule has 0 aromatic heterocycles. The van der Waals surface area contributed by atoms with Gasteiger partial charge in [-0.25, -0.2) is 0 Å². The van der Waals surface area contributed by atoms with Crippen LogP contribution in [0.1, 0.15) is 45.4 Å². The Bertz CT molecular complexity index is 188. The molecule has 0 heterocycles. The molecule has 1 atom stereocenters. The lowest BCUT2D eigenvalue weighted by Gasteiger charge is -2.20. The maximum Gasteiger partial charge on any atom is 0.220 e. The molecule has 0 bridgehead atoms. The van der Waals surface area contributed by atoms with Crippen LogP contribution in [0.15, 0.2) is 0 Å². The highest BCUT2D eigenvalue weighted by Gasteiger charge is 2.22. The molecule has 0 radical (unpaired) electrons. The van der Waals surface area contributed by atoms with Crippen LogP contribution in [0.5, 0.6) is 0 Å². The molecule has 0 aromatic rings. The largest absolute Gasteiger partial charge is 0.353 e. The van der Waals surface area contributed by atoms with Crippen molar-refractivity contribution in [2.75, 3.05) is 13.6 Å². The zero-order chi connectivity index (χ0) is 11.1. The van der Waals surface area contributed by atoms with E-state index in [2.05, 4.69) is 17.6 Å². The van der Waals surface area contributed by atoms with Crippen molar-refractivity contribution in [3.05, 3.63) is 0 Å². The zero-order valence-corrected chi connectivity index (χ0v) is 10.0. The Labute approximate surface area is 93.0 Å². The van der Waals surface area contributed by atoms with Crippen molar-refractivity contribution in [2.45, 2.75) is 51.5 Å². The van der Waals surface area contributed by atoms with E-state index in [1.165, 1.54) is 25.7 Å². The Hall–Kier alpha value is -0.570. The minimum absolute atomic E-state index is 0.213. The fraction of sp³-hybridized carbons (Fsp3) is 0.917. The van der Waals surface area contributed by atoms with Gasteiger partial charge in [-0.2, -0.15) is 0 Å². The van der Waals surface area contributed by atoms with Crippen LogP contribution in [0, 0.1) is 5.92 Å². The summed E-state index contributed by atoms with van der Waals surface area (Å²) in [5, 5.41) is 6.17. The van der Waals surface area contributed by atoms with Crippen LogP contribution < -0.4 is 10.6 Å². The molecule has 1 unspecified atom stereocenters. The van der Waals surface area contributed by atoms with Crippen LogP contribution in [0.2, 0.25) is 0 Å². The van der Waals surface area contributed by atoms with E-state index in [0.29, 0.717) is 12.5 Å². The predicted molar refractivity (Wildman–Crippen MR) is 62.7 cm³/mol. The van der Waals surface area contributed by atoms with Crippen LogP contribution in [-0.2, 0) is 4.79 Å². The molecule has 88 valence electrons. The van der Waals surface area contributed by atoms with Gasteiger partial charge < -0.3 is 10.6 Å². The van der Waals surface area contributed by atoms with Crippen molar-refractivity contribution >= 4 is 5.91 Å². The van der Waals surface area contributed by atoms with E-state index in [0.717, 1.165) is 18.9 Å². The Kier molecular flexibility index (Phi) is 5.69. The van der Waals surface area contributed by atoms with Crippen molar-refractivity contribution in [3.63, 3.8) is 0 Å². The van der Waals surface area contributed by atoms with E-state index in [4.69, 9.17) is 0 Å². The highest BCUT2D eigenvalue weighted by Crippen LogP contribution is 2.27. The van der Waals surface area contributed by atoms with Gasteiger partial charge in [-0.3, -0.25) is 4.79 Å². The molecule has 1 aliphatic rings. The second-order valence-corrected chi connectivity index (χ2v) is 4.61. The van der Waals surface area contributed by atoms with Crippen molar-refractivity contribution in [2.24, 2.45) is 5.92 Å². The number of rotatable bonds is 6. The first-order chi connectivity index (χ1) is 7.24. The Morgan fingerprint density at radius 1 is 1.40 bits per heavy atom. The fourth-order valence-electron chi connectivity index (χ4n) is 2.33. The van der Waals surface area contributed by atoms with Crippen LogP contribution in [0.3, 0.4) is 0 Å². The van der Waals surface area contributed by atoms with E-state index in [9.17, 15) is 4.79 Å². The molecule has 3 nitrogen and oxygen atoms in total. The maximum atomic E-state index is 11.5. The molecule has 1 aliphatic carbocycles. The molecule has 15 heavy (non-hydrogen) atoms. The van der Waals surface area contributed by atoms with Crippen molar-refractivity contribution in [1.29, 1.82) is 0 Å². The third-order valence-electron chi connectivity index (χ3n) is 3.33. The normalized spacial score (nSPS) is 19.1. The molecule has 3 heteroatoms. The smallest absolute Gasteiger partial charge is 0.220 e. The standard InChI is InChI=1S/C12H24N2O/c1-10(11-6-3-4-7-11)14-12(15)8-5-9-13-2/h10-11,13H,3-9H2,1-2H3,(H,14,15). The lowest BCUT2D eigenvalue weighted by atomic mass is 10.00. The zero-order valence-electron chi connectivity index (χ0n) is 10.0. The molecule has 1 saturated carbocycles. The van der Waals surface area contributed by atoms with Gasteiger partial charge in [0.05, 0.1) is 0 Å². The number of carbonyl (C=O) groups is 1. The molecular formula is C12H24N2O. The van der Waals surface area contributed by atoms with E-state index in [1.807, 2.05) is 7.05 Å². The molecule has 0 aromatic carbocycles. The summed E-state index contributed by atoms with van der Waals surface area (Å²) in [6, 6.07) is 0.370. The quantitative estimate of drug-likeness (QED) is 0.658. The van der Waals surface area contributed by atoms with Gasteiger partial charge in [-0.15, -0.1) is 0 Å². The lowest BCUT2D eigenvalue weighted by molar-refractivity contribution is -0.122. The third kappa shape index (κ3) is 4.65. The first kappa shape index (κ1) is 12.5. The summed E-state index contributed by atoms with van der Waals surface area (Å²) in [5.41, 5.74) is 0. The monoisotopic (exact) mass is 212 g/mol. The average molecular weight is 212 g/mol. The Balaban J connectivity index is 2.13. The summed E-state index contributed by atoms with van der Waals surface area (Å²) in [4.78, 5) is 11.5. The number of hydrogen-bond donors (Lipinski definition) is 2. The van der Waals surface area contributed by atoms with E-state index in [1.54, 1.807) is 0 Å². The predicted octanol–water partition coefficient (Wildman–Crippen LogP) is 1.68. The van der Waals surface area contributed by atoms with Gasteiger partial charge in [0.2, 0.25) is 5.91 Å².